The van der Waals surface area contributed by atoms with E-state index >= 15 is 0 Å². The zero-order valence-corrected chi connectivity index (χ0v) is 6.94. The lowest BCUT2D eigenvalue weighted by atomic mass is 10.7. The SMILES string of the molecule is CCOC(=O)Nc1cn(C)nn1. The number of hydrogen-bond donors (Lipinski definition) is 1. The van der Waals surface area contributed by atoms with Gasteiger partial charge in [-0.15, -0.1) is 5.10 Å². The lowest BCUT2D eigenvalue weighted by molar-refractivity contribution is 0.168. The molecule has 0 spiro atoms. The van der Waals surface area contributed by atoms with E-state index in [0.29, 0.717) is 12.4 Å². The van der Waals surface area contributed by atoms with Crippen LogP contribution in [0.2, 0.25) is 0 Å². The van der Waals surface area contributed by atoms with Gasteiger partial charge in [0.05, 0.1) is 12.8 Å². The van der Waals surface area contributed by atoms with Crippen molar-refractivity contribution in [1.82, 2.24) is 15.0 Å². The Morgan fingerprint density at radius 2 is 2.58 bits per heavy atom. The minimum atomic E-state index is -0.516. The Morgan fingerprint density at radius 1 is 1.83 bits per heavy atom. The molecule has 0 fully saturated rings. The maximum Gasteiger partial charge on any atom is 0.412 e. The van der Waals surface area contributed by atoms with Crippen LogP contribution in [0.15, 0.2) is 6.20 Å². The molecule has 0 radical (unpaired) electrons. The first-order valence-electron chi connectivity index (χ1n) is 3.52. The maximum atomic E-state index is 10.8. The van der Waals surface area contributed by atoms with Gasteiger partial charge in [0, 0.05) is 7.05 Å². The molecule has 0 aliphatic rings. The van der Waals surface area contributed by atoms with Crippen molar-refractivity contribution in [2.45, 2.75) is 6.92 Å². The second kappa shape index (κ2) is 3.70. The van der Waals surface area contributed by atoms with E-state index in [0.717, 1.165) is 0 Å². The van der Waals surface area contributed by atoms with E-state index in [1.807, 2.05) is 0 Å². The van der Waals surface area contributed by atoms with Crippen molar-refractivity contribution in [2.75, 3.05) is 11.9 Å². The number of carbonyl (C=O) groups excluding carboxylic acids is 1. The summed E-state index contributed by atoms with van der Waals surface area (Å²) in [5, 5.41) is 9.67. The van der Waals surface area contributed by atoms with Crippen LogP contribution < -0.4 is 5.32 Å². The Hall–Kier alpha value is -1.59. The summed E-state index contributed by atoms with van der Waals surface area (Å²) in [5.74, 6) is 0.385. The highest BCUT2D eigenvalue weighted by Crippen LogP contribution is 1.98. The van der Waals surface area contributed by atoms with Crippen LogP contribution >= 0.6 is 0 Å². The summed E-state index contributed by atoms with van der Waals surface area (Å²) in [6.45, 7) is 2.07. The Kier molecular flexibility index (Phi) is 2.62. The molecule has 66 valence electrons. The van der Waals surface area contributed by atoms with Gasteiger partial charge in [0.1, 0.15) is 0 Å². The van der Waals surface area contributed by atoms with E-state index < -0.39 is 6.09 Å². The van der Waals surface area contributed by atoms with Gasteiger partial charge < -0.3 is 4.74 Å². The first-order valence-corrected chi connectivity index (χ1v) is 3.52. The van der Waals surface area contributed by atoms with Crippen LogP contribution in [-0.4, -0.2) is 27.7 Å². The highest BCUT2D eigenvalue weighted by Gasteiger charge is 2.03. The third-order valence-corrected chi connectivity index (χ3v) is 1.11. The number of carbonyl (C=O) groups is 1. The van der Waals surface area contributed by atoms with E-state index in [2.05, 4.69) is 20.4 Å². The van der Waals surface area contributed by atoms with Crippen molar-refractivity contribution in [1.29, 1.82) is 0 Å². The van der Waals surface area contributed by atoms with E-state index in [9.17, 15) is 4.79 Å². The van der Waals surface area contributed by atoms with Gasteiger partial charge >= 0.3 is 6.09 Å². The van der Waals surface area contributed by atoms with Crippen LogP contribution in [-0.2, 0) is 11.8 Å². The first-order chi connectivity index (χ1) is 5.72. The second-order valence-corrected chi connectivity index (χ2v) is 2.12. The van der Waals surface area contributed by atoms with Crippen molar-refractivity contribution < 1.29 is 9.53 Å². The van der Waals surface area contributed by atoms with E-state index in [1.54, 1.807) is 20.2 Å². The fourth-order valence-corrected chi connectivity index (χ4v) is 0.676. The molecule has 0 atom stereocenters. The summed E-state index contributed by atoms with van der Waals surface area (Å²) in [6, 6.07) is 0. The van der Waals surface area contributed by atoms with Gasteiger partial charge in [-0.25, -0.2) is 4.79 Å². The van der Waals surface area contributed by atoms with Crippen molar-refractivity contribution in [2.24, 2.45) is 7.05 Å². The number of nitrogens with zero attached hydrogens (tertiary/aromatic N) is 3. The molecule has 6 nitrogen and oxygen atoms in total. The lowest BCUT2D eigenvalue weighted by Crippen LogP contribution is -2.13. The number of rotatable bonds is 2. The van der Waals surface area contributed by atoms with E-state index in [-0.39, 0.29) is 0 Å². The molecule has 0 aliphatic carbocycles. The quantitative estimate of drug-likeness (QED) is 0.696. The summed E-state index contributed by atoms with van der Waals surface area (Å²) in [5.41, 5.74) is 0. The van der Waals surface area contributed by atoms with Crippen LogP contribution in [0, 0.1) is 0 Å². The highest BCUT2D eigenvalue weighted by molar-refractivity contribution is 5.82. The molecule has 0 unspecified atom stereocenters. The monoisotopic (exact) mass is 170 g/mol. The topological polar surface area (TPSA) is 69.0 Å². The number of hydrogen-bond acceptors (Lipinski definition) is 4. The third kappa shape index (κ3) is 2.22. The van der Waals surface area contributed by atoms with Gasteiger partial charge in [0.25, 0.3) is 0 Å². The van der Waals surface area contributed by atoms with Gasteiger partial charge in [0.2, 0.25) is 0 Å². The minimum Gasteiger partial charge on any atom is -0.450 e. The number of anilines is 1. The number of nitrogens with one attached hydrogen (secondary N) is 1. The molecule has 0 bridgehead atoms. The third-order valence-electron chi connectivity index (χ3n) is 1.11. The fourth-order valence-electron chi connectivity index (χ4n) is 0.676. The minimum absolute atomic E-state index is 0.339. The molecular formula is C6H10N4O2. The van der Waals surface area contributed by atoms with Crippen LogP contribution in [0.1, 0.15) is 6.92 Å². The smallest absolute Gasteiger partial charge is 0.412 e. The average molecular weight is 170 g/mol. The molecule has 0 aliphatic heterocycles. The summed E-state index contributed by atoms with van der Waals surface area (Å²) < 4.78 is 6.12. The summed E-state index contributed by atoms with van der Waals surface area (Å²) >= 11 is 0. The molecule has 0 saturated carbocycles. The molecule has 12 heavy (non-hydrogen) atoms. The van der Waals surface area contributed by atoms with Crippen molar-refractivity contribution in [3.63, 3.8) is 0 Å². The predicted molar refractivity (Wildman–Crippen MR) is 41.6 cm³/mol. The largest absolute Gasteiger partial charge is 0.450 e. The molecule has 6 heteroatoms. The van der Waals surface area contributed by atoms with Gasteiger partial charge in [0.15, 0.2) is 5.82 Å². The van der Waals surface area contributed by atoms with Gasteiger partial charge in [-0.05, 0) is 6.92 Å². The average Bonchev–Trinajstić information content (AvgIpc) is 2.36. The maximum absolute atomic E-state index is 10.8. The standard InChI is InChI=1S/C6H10N4O2/c1-3-12-6(11)7-5-4-10(2)9-8-5/h4H,3H2,1-2H3,(H,7,11). The van der Waals surface area contributed by atoms with Crippen molar-refractivity contribution in [3.05, 3.63) is 6.20 Å². The molecule has 0 saturated heterocycles. The van der Waals surface area contributed by atoms with Gasteiger partial charge in [-0.3, -0.25) is 10.00 Å². The van der Waals surface area contributed by atoms with Crippen LogP contribution in [0.25, 0.3) is 0 Å². The Bertz CT molecular complexity index is 270. The highest BCUT2D eigenvalue weighted by atomic mass is 16.5. The zero-order valence-electron chi connectivity index (χ0n) is 6.94. The molecular weight excluding hydrogens is 160 g/mol. The number of ether oxygens (including phenoxy) is 1. The summed E-state index contributed by atoms with van der Waals surface area (Å²) in [7, 11) is 1.71. The van der Waals surface area contributed by atoms with E-state index in [4.69, 9.17) is 0 Å². The number of aryl methyl sites for hydroxylation is 1. The van der Waals surface area contributed by atoms with Crippen LogP contribution in [0.4, 0.5) is 10.6 Å². The lowest BCUT2D eigenvalue weighted by Gasteiger charge is -1.99. The van der Waals surface area contributed by atoms with Gasteiger partial charge in [-0.1, -0.05) is 5.21 Å². The van der Waals surface area contributed by atoms with Crippen LogP contribution in [0.3, 0.4) is 0 Å². The Labute approximate surface area is 69.5 Å². The first kappa shape index (κ1) is 8.51. The number of amides is 1. The zero-order chi connectivity index (χ0) is 8.97. The van der Waals surface area contributed by atoms with Gasteiger partial charge in [-0.2, -0.15) is 0 Å². The normalized spacial score (nSPS) is 9.50. The molecule has 1 rings (SSSR count). The molecule has 1 aromatic rings. The van der Waals surface area contributed by atoms with Crippen LogP contribution in [0.5, 0.6) is 0 Å². The molecule has 1 heterocycles. The molecule has 0 aromatic carbocycles. The molecule has 1 N–H and O–H groups in total. The van der Waals surface area contributed by atoms with Crippen molar-refractivity contribution >= 4 is 11.9 Å². The fraction of sp³-hybridized carbons (Fsp3) is 0.500. The summed E-state index contributed by atoms with van der Waals surface area (Å²) in [6.07, 6.45) is 1.06. The van der Waals surface area contributed by atoms with Crippen molar-refractivity contribution in [3.8, 4) is 0 Å². The second-order valence-electron chi connectivity index (χ2n) is 2.12. The van der Waals surface area contributed by atoms with E-state index in [1.165, 1.54) is 4.68 Å². The number of aromatic nitrogens is 3. The molecule has 1 aromatic heterocycles. The Morgan fingerprint density at radius 3 is 3.08 bits per heavy atom. The predicted octanol–water partition coefficient (Wildman–Crippen LogP) is 0.383. The molecule has 1 amide bonds. The Balaban J connectivity index is 2.46. The summed E-state index contributed by atoms with van der Waals surface area (Å²) in [4.78, 5) is 10.8.